The van der Waals surface area contributed by atoms with Crippen molar-refractivity contribution in [2.24, 2.45) is 0 Å². The van der Waals surface area contributed by atoms with Gasteiger partial charge in [0.05, 0.1) is 17.7 Å². The number of aromatic nitrogens is 2. The lowest BCUT2D eigenvalue weighted by Crippen LogP contribution is -2.49. The molecule has 136 valence electrons. The number of carboxylic acid groups (broad SMARTS) is 1. The summed E-state index contributed by atoms with van der Waals surface area (Å²) < 4.78 is 1.11. The molecular weight excluding hydrogens is 334 g/mol. The van der Waals surface area contributed by atoms with Crippen molar-refractivity contribution in [3.8, 4) is 11.3 Å². The first-order chi connectivity index (χ1) is 12.5. The van der Waals surface area contributed by atoms with E-state index in [4.69, 9.17) is 5.11 Å². The molecule has 1 saturated carbocycles. The Labute approximate surface area is 150 Å². The Balaban J connectivity index is 1.77. The molecule has 1 aliphatic rings. The molecule has 1 aromatic carbocycles. The number of nitrogens with zero attached hydrogens (tertiary/aromatic N) is 2. The van der Waals surface area contributed by atoms with Crippen LogP contribution < -0.4 is 10.9 Å². The Kier molecular flexibility index (Phi) is 5.16. The Morgan fingerprint density at radius 2 is 1.81 bits per heavy atom. The van der Waals surface area contributed by atoms with Gasteiger partial charge >= 0.3 is 5.97 Å². The number of nitrogens with one attached hydrogen (secondary N) is 1. The highest BCUT2D eigenvalue weighted by Crippen LogP contribution is 2.32. The highest BCUT2D eigenvalue weighted by Gasteiger charge is 2.37. The zero-order chi connectivity index (χ0) is 18.6. The summed E-state index contributed by atoms with van der Waals surface area (Å²) in [4.78, 5) is 35.6. The molecule has 7 nitrogen and oxygen atoms in total. The van der Waals surface area contributed by atoms with E-state index in [1.807, 2.05) is 30.3 Å². The maximum Gasteiger partial charge on any atom is 0.305 e. The average molecular weight is 355 g/mol. The van der Waals surface area contributed by atoms with Gasteiger partial charge in [-0.1, -0.05) is 43.2 Å². The normalized spacial score (nSPS) is 15.5. The van der Waals surface area contributed by atoms with Gasteiger partial charge in [-0.15, -0.1) is 0 Å². The summed E-state index contributed by atoms with van der Waals surface area (Å²) in [5.74, 6) is -1.33. The Morgan fingerprint density at radius 1 is 1.12 bits per heavy atom. The van der Waals surface area contributed by atoms with Crippen LogP contribution in [-0.4, -0.2) is 32.3 Å². The molecule has 1 heterocycles. The van der Waals surface area contributed by atoms with E-state index in [1.165, 1.54) is 6.07 Å². The molecule has 1 amide bonds. The number of rotatable bonds is 6. The Bertz CT molecular complexity index is 855. The maximum absolute atomic E-state index is 12.5. The summed E-state index contributed by atoms with van der Waals surface area (Å²) in [6.07, 6.45) is 2.93. The van der Waals surface area contributed by atoms with Crippen LogP contribution in [0.15, 0.2) is 47.3 Å². The third-order valence-electron chi connectivity index (χ3n) is 4.68. The lowest BCUT2D eigenvalue weighted by Gasteiger charge is -2.28. The molecular formula is C19H21N3O4. The molecule has 0 spiro atoms. The van der Waals surface area contributed by atoms with Crippen molar-refractivity contribution >= 4 is 11.9 Å². The number of amides is 1. The van der Waals surface area contributed by atoms with E-state index in [2.05, 4.69) is 10.4 Å². The number of hydrogen-bond donors (Lipinski definition) is 2. The van der Waals surface area contributed by atoms with E-state index >= 15 is 0 Å². The van der Waals surface area contributed by atoms with Gasteiger partial charge in [-0.2, -0.15) is 5.10 Å². The van der Waals surface area contributed by atoms with E-state index in [9.17, 15) is 14.4 Å². The van der Waals surface area contributed by atoms with Crippen LogP contribution in [0.25, 0.3) is 11.3 Å². The van der Waals surface area contributed by atoms with Crippen LogP contribution >= 0.6 is 0 Å². The lowest BCUT2D eigenvalue weighted by molar-refractivity contribution is -0.139. The molecule has 1 fully saturated rings. The van der Waals surface area contributed by atoms with Gasteiger partial charge in [0.2, 0.25) is 5.91 Å². The first kappa shape index (κ1) is 17.8. The molecule has 7 heteroatoms. The topological polar surface area (TPSA) is 101 Å². The number of carbonyl (C=O) groups excluding carboxylic acids is 1. The molecule has 0 unspecified atom stereocenters. The second-order valence-corrected chi connectivity index (χ2v) is 6.69. The molecule has 0 saturated heterocycles. The van der Waals surface area contributed by atoms with Gasteiger partial charge in [0.25, 0.3) is 5.56 Å². The minimum absolute atomic E-state index is 0.106. The van der Waals surface area contributed by atoms with Crippen molar-refractivity contribution in [1.29, 1.82) is 0 Å². The average Bonchev–Trinajstić information content (AvgIpc) is 3.04. The van der Waals surface area contributed by atoms with Gasteiger partial charge in [0, 0.05) is 11.6 Å². The first-order valence-electron chi connectivity index (χ1n) is 8.64. The molecule has 0 atom stereocenters. The fraction of sp³-hybridized carbons (Fsp3) is 0.368. The molecule has 2 N–H and O–H groups in total. The van der Waals surface area contributed by atoms with Crippen LogP contribution in [0.4, 0.5) is 0 Å². The van der Waals surface area contributed by atoms with E-state index in [0.29, 0.717) is 18.5 Å². The molecule has 1 aromatic heterocycles. The summed E-state index contributed by atoms with van der Waals surface area (Å²) in [5, 5.41) is 16.2. The van der Waals surface area contributed by atoms with Crippen molar-refractivity contribution in [2.75, 3.05) is 0 Å². The predicted octanol–water partition coefficient (Wildman–Crippen LogP) is 1.81. The van der Waals surface area contributed by atoms with Crippen molar-refractivity contribution in [2.45, 2.75) is 44.2 Å². The van der Waals surface area contributed by atoms with Crippen LogP contribution in [0.3, 0.4) is 0 Å². The van der Waals surface area contributed by atoms with Crippen LogP contribution in [-0.2, 0) is 16.1 Å². The van der Waals surface area contributed by atoms with Gasteiger partial charge in [0.15, 0.2) is 0 Å². The highest BCUT2D eigenvalue weighted by atomic mass is 16.4. The number of hydrogen-bond acceptors (Lipinski definition) is 4. The molecule has 2 aromatic rings. The maximum atomic E-state index is 12.5. The third-order valence-corrected chi connectivity index (χ3v) is 4.68. The third kappa shape index (κ3) is 4.17. The summed E-state index contributed by atoms with van der Waals surface area (Å²) in [6, 6.07) is 12.4. The fourth-order valence-electron chi connectivity index (χ4n) is 3.48. The number of carboxylic acids is 1. The smallest absolute Gasteiger partial charge is 0.305 e. The molecule has 0 radical (unpaired) electrons. The zero-order valence-electron chi connectivity index (χ0n) is 14.4. The fourth-order valence-corrected chi connectivity index (χ4v) is 3.48. The molecule has 26 heavy (non-hydrogen) atoms. The van der Waals surface area contributed by atoms with Crippen LogP contribution in [0.2, 0.25) is 0 Å². The largest absolute Gasteiger partial charge is 0.481 e. The van der Waals surface area contributed by atoms with Crippen LogP contribution in [0.5, 0.6) is 0 Å². The second-order valence-electron chi connectivity index (χ2n) is 6.69. The van der Waals surface area contributed by atoms with Gasteiger partial charge in [-0.05, 0) is 18.9 Å². The van der Waals surface area contributed by atoms with Crippen LogP contribution in [0, 0.1) is 0 Å². The van der Waals surface area contributed by atoms with Gasteiger partial charge in [-0.25, -0.2) is 4.68 Å². The molecule has 3 rings (SSSR count). The lowest BCUT2D eigenvalue weighted by atomic mass is 9.93. The van der Waals surface area contributed by atoms with Crippen molar-refractivity contribution in [3.63, 3.8) is 0 Å². The standard InChI is InChI=1S/C19H21N3O4/c23-16(20-19(12-18(25)26)10-4-5-11-19)13-22-17(24)9-8-15(21-22)14-6-2-1-3-7-14/h1-3,6-9H,4-5,10-13H2,(H,20,23)(H,25,26). The predicted molar refractivity (Wildman–Crippen MR) is 95.5 cm³/mol. The van der Waals surface area contributed by atoms with Crippen molar-refractivity contribution in [3.05, 3.63) is 52.8 Å². The van der Waals surface area contributed by atoms with Crippen molar-refractivity contribution < 1.29 is 14.7 Å². The van der Waals surface area contributed by atoms with E-state index in [-0.39, 0.29) is 18.5 Å². The van der Waals surface area contributed by atoms with E-state index in [1.54, 1.807) is 6.07 Å². The Hall–Kier alpha value is -2.96. The van der Waals surface area contributed by atoms with Crippen molar-refractivity contribution in [1.82, 2.24) is 15.1 Å². The van der Waals surface area contributed by atoms with E-state index < -0.39 is 17.4 Å². The molecule has 0 aliphatic heterocycles. The van der Waals surface area contributed by atoms with Gasteiger partial charge < -0.3 is 10.4 Å². The SMILES string of the molecule is O=C(O)CC1(NC(=O)Cn2nc(-c3ccccc3)ccc2=O)CCCC1. The number of benzene rings is 1. The summed E-state index contributed by atoms with van der Waals surface area (Å²) in [7, 11) is 0. The number of aliphatic carboxylic acids is 1. The summed E-state index contributed by atoms with van der Waals surface area (Å²) in [5.41, 5.74) is 0.348. The minimum Gasteiger partial charge on any atom is -0.481 e. The second kappa shape index (κ2) is 7.51. The number of carbonyl (C=O) groups is 2. The van der Waals surface area contributed by atoms with Gasteiger partial charge in [0.1, 0.15) is 6.54 Å². The zero-order valence-corrected chi connectivity index (χ0v) is 14.4. The molecule has 0 bridgehead atoms. The highest BCUT2D eigenvalue weighted by molar-refractivity contribution is 5.78. The first-order valence-corrected chi connectivity index (χ1v) is 8.64. The Morgan fingerprint density at radius 3 is 2.46 bits per heavy atom. The minimum atomic E-state index is -0.937. The summed E-state index contributed by atoms with van der Waals surface area (Å²) >= 11 is 0. The van der Waals surface area contributed by atoms with E-state index in [0.717, 1.165) is 23.1 Å². The van der Waals surface area contributed by atoms with Crippen LogP contribution in [0.1, 0.15) is 32.1 Å². The molecule has 1 aliphatic carbocycles. The quantitative estimate of drug-likeness (QED) is 0.823. The summed E-state index contributed by atoms with van der Waals surface area (Å²) in [6.45, 7) is -0.235. The monoisotopic (exact) mass is 355 g/mol. The van der Waals surface area contributed by atoms with Gasteiger partial charge in [-0.3, -0.25) is 14.4 Å².